The van der Waals surface area contributed by atoms with E-state index < -0.39 is 11.5 Å². The number of carboxylic acid groups (broad SMARTS) is 1. The monoisotopic (exact) mass is 286 g/mol. The summed E-state index contributed by atoms with van der Waals surface area (Å²) in [5.41, 5.74) is -0.786. The summed E-state index contributed by atoms with van der Waals surface area (Å²) in [6.45, 7) is 7.18. The number of carboxylic acids is 1. The van der Waals surface area contributed by atoms with Crippen LogP contribution in [0.4, 0.5) is 0 Å². The summed E-state index contributed by atoms with van der Waals surface area (Å²) in [6, 6.07) is 0.628. The van der Waals surface area contributed by atoms with E-state index in [1.165, 1.54) is 0 Å². The fourth-order valence-corrected chi connectivity index (χ4v) is 2.81. The summed E-state index contributed by atoms with van der Waals surface area (Å²) in [6.07, 6.45) is 4.88. The van der Waals surface area contributed by atoms with Crippen LogP contribution in [0.3, 0.4) is 0 Å². The van der Waals surface area contributed by atoms with Crippen LogP contribution >= 0.6 is 0 Å². The van der Waals surface area contributed by atoms with E-state index in [-0.39, 0.29) is 0 Å². The molecule has 0 spiro atoms. The number of carbonyl (C=O) groups is 1. The van der Waals surface area contributed by atoms with E-state index in [2.05, 4.69) is 17.3 Å². The first-order valence-electron chi connectivity index (χ1n) is 7.76. The molecular weight excluding hydrogens is 256 g/mol. The Balaban J connectivity index is 2.24. The second-order valence-electron chi connectivity index (χ2n) is 5.95. The molecular formula is C15H30N2O3. The molecule has 2 N–H and O–H groups in total. The molecule has 20 heavy (non-hydrogen) atoms. The standard InChI is InChI=1S/C15H30N2O3/c1-4-16-15(2,14(18)19)9-5-6-10-17(3)13-7-11-20-12-8-13/h13,16H,4-12H2,1-3H3,(H,18,19). The maximum absolute atomic E-state index is 11.3. The van der Waals surface area contributed by atoms with E-state index in [1.54, 1.807) is 6.92 Å². The van der Waals surface area contributed by atoms with Crippen molar-refractivity contribution in [3.8, 4) is 0 Å². The molecule has 0 amide bonds. The predicted octanol–water partition coefficient (Wildman–Crippen LogP) is 1.72. The molecule has 118 valence electrons. The van der Waals surface area contributed by atoms with Gasteiger partial charge >= 0.3 is 5.97 Å². The van der Waals surface area contributed by atoms with Gasteiger partial charge in [0.1, 0.15) is 5.54 Å². The smallest absolute Gasteiger partial charge is 0.323 e. The number of likely N-dealkylation sites (N-methyl/N-ethyl adjacent to an activating group) is 1. The molecule has 0 aromatic rings. The number of nitrogens with one attached hydrogen (secondary N) is 1. The fourth-order valence-electron chi connectivity index (χ4n) is 2.81. The first-order chi connectivity index (χ1) is 9.49. The minimum Gasteiger partial charge on any atom is -0.480 e. The molecule has 1 unspecified atom stereocenters. The second kappa shape index (κ2) is 8.60. The lowest BCUT2D eigenvalue weighted by molar-refractivity contribution is -0.144. The Hall–Kier alpha value is -0.650. The van der Waals surface area contributed by atoms with Gasteiger partial charge in [-0.15, -0.1) is 0 Å². The zero-order chi connectivity index (χ0) is 15.0. The van der Waals surface area contributed by atoms with Crippen molar-refractivity contribution in [2.75, 3.05) is 33.4 Å². The third-order valence-electron chi connectivity index (χ3n) is 4.29. The average molecular weight is 286 g/mol. The van der Waals surface area contributed by atoms with Crippen LogP contribution in [-0.2, 0) is 9.53 Å². The lowest BCUT2D eigenvalue weighted by Gasteiger charge is -2.31. The van der Waals surface area contributed by atoms with Crippen LogP contribution in [0, 0.1) is 0 Å². The van der Waals surface area contributed by atoms with Crippen LogP contribution in [0.5, 0.6) is 0 Å². The van der Waals surface area contributed by atoms with E-state index in [0.717, 1.165) is 45.4 Å². The highest BCUT2D eigenvalue weighted by molar-refractivity contribution is 5.78. The van der Waals surface area contributed by atoms with Gasteiger partial charge in [0.25, 0.3) is 0 Å². The molecule has 1 heterocycles. The third-order valence-corrected chi connectivity index (χ3v) is 4.29. The molecule has 1 saturated heterocycles. The van der Waals surface area contributed by atoms with Gasteiger partial charge in [-0.25, -0.2) is 0 Å². The molecule has 0 bridgehead atoms. The average Bonchev–Trinajstić information content (AvgIpc) is 2.44. The predicted molar refractivity (Wildman–Crippen MR) is 80.0 cm³/mol. The number of nitrogens with zero attached hydrogens (tertiary/aromatic N) is 1. The van der Waals surface area contributed by atoms with Crippen molar-refractivity contribution in [3.63, 3.8) is 0 Å². The Morgan fingerprint density at radius 1 is 1.40 bits per heavy atom. The highest BCUT2D eigenvalue weighted by Gasteiger charge is 2.31. The van der Waals surface area contributed by atoms with Crippen LogP contribution in [0.2, 0.25) is 0 Å². The van der Waals surface area contributed by atoms with Crippen molar-refractivity contribution in [2.24, 2.45) is 0 Å². The summed E-state index contributed by atoms with van der Waals surface area (Å²) < 4.78 is 5.37. The Morgan fingerprint density at radius 2 is 2.05 bits per heavy atom. The molecule has 5 nitrogen and oxygen atoms in total. The van der Waals surface area contributed by atoms with E-state index in [0.29, 0.717) is 19.0 Å². The Bertz CT molecular complexity index is 293. The summed E-state index contributed by atoms with van der Waals surface area (Å²) in [7, 11) is 2.16. The highest BCUT2D eigenvalue weighted by Crippen LogP contribution is 2.17. The molecule has 1 rings (SSSR count). The van der Waals surface area contributed by atoms with Gasteiger partial charge in [-0.1, -0.05) is 6.92 Å². The third kappa shape index (κ3) is 5.38. The summed E-state index contributed by atoms with van der Waals surface area (Å²) >= 11 is 0. The van der Waals surface area contributed by atoms with Gasteiger partial charge in [-0.3, -0.25) is 4.79 Å². The molecule has 1 aliphatic rings. The normalized spacial score (nSPS) is 20.0. The first kappa shape index (κ1) is 17.4. The molecule has 0 aromatic heterocycles. The van der Waals surface area contributed by atoms with Gasteiger partial charge in [0.05, 0.1) is 0 Å². The summed E-state index contributed by atoms with van der Waals surface area (Å²) in [4.78, 5) is 13.7. The van der Waals surface area contributed by atoms with Crippen molar-refractivity contribution in [1.29, 1.82) is 0 Å². The fraction of sp³-hybridized carbons (Fsp3) is 0.933. The van der Waals surface area contributed by atoms with Gasteiger partial charge < -0.3 is 20.1 Å². The molecule has 1 atom stereocenters. The largest absolute Gasteiger partial charge is 0.480 e. The Morgan fingerprint density at radius 3 is 2.60 bits per heavy atom. The SMILES string of the molecule is CCNC(C)(CCCCN(C)C1CCOCC1)C(=O)O. The van der Waals surface area contributed by atoms with Gasteiger partial charge in [0, 0.05) is 19.3 Å². The topological polar surface area (TPSA) is 61.8 Å². The minimum atomic E-state index is -0.786. The number of ether oxygens (including phenoxy) is 1. The molecule has 1 fully saturated rings. The zero-order valence-corrected chi connectivity index (χ0v) is 13.2. The van der Waals surface area contributed by atoms with Crippen LogP contribution in [-0.4, -0.2) is 60.9 Å². The first-order valence-corrected chi connectivity index (χ1v) is 7.76. The van der Waals surface area contributed by atoms with E-state index in [4.69, 9.17) is 4.74 Å². The molecule has 5 heteroatoms. The molecule has 0 radical (unpaired) electrons. The summed E-state index contributed by atoms with van der Waals surface area (Å²) in [5, 5.41) is 12.4. The number of hydrogen-bond donors (Lipinski definition) is 2. The number of hydrogen-bond acceptors (Lipinski definition) is 4. The van der Waals surface area contributed by atoms with Gasteiger partial charge in [0.15, 0.2) is 0 Å². The minimum absolute atomic E-state index is 0.628. The number of rotatable bonds is 9. The molecule has 0 aliphatic carbocycles. The highest BCUT2D eigenvalue weighted by atomic mass is 16.5. The van der Waals surface area contributed by atoms with Gasteiger partial charge in [0.2, 0.25) is 0 Å². The maximum Gasteiger partial charge on any atom is 0.323 e. The zero-order valence-electron chi connectivity index (χ0n) is 13.2. The molecule has 1 aliphatic heterocycles. The van der Waals surface area contributed by atoms with E-state index >= 15 is 0 Å². The van der Waals surface area contributed by atoms with Gasteiger partial charge in [-0.2, -0.15) is 0 Å². The van der Waals surface area contributed by atoms with Crippen LogP contribution < -0.4 is 5.32 Å². The molecule has 0 saturated carbocycles. The lowest BCUT2D eigenvalue weighted by Crippen LogP contribution is -2.49. The Labute approximate surface area is 122 Å². The maximum atomic E-state index is 11.3. The van der Waals surface area contributed by atoms with Crippen LogP contribution in [0.1, 0.15) is 46.0 Å². The van der Waals surface area contributed by atoms with E-state index in [9.17, 15) is 9.90 Å². The van der Waals surface area contributed by atoms with Crippen molar-refractivity contribution in [1.82, 2.24) is 10.2 Å². The Kier molecular flexibility index (Phi) is 7.48. The van der Waals surface area contributed by atoms with Crippen molar-refractivity contribution in [2.45, 2.75) is 57.5 Å². The van der Waals surface area contributed by atoms with Crippen molar-refractivity contribution >= 4 is 5.97 Å². The summed E-state index contributed by atoms with van der Waals surface area (Å²) in [5.74, 6) is -0.753. The van der Waals surface area contributed by atoms with Crippen molar-refractivity contribution < 1.29 is 14.6 Å². The molecule has 0 aromatic carbocycles. The van der Waals surface area contributed by atoms with Crippen LogP contribution in [0.25, 0.3) is 0 Å². The second-order valence-corrected chi connectivity index (χ2v) is 5.95. The van der Waals surface area contributed by atoms with E-state index in [1.807, 2.05) is 6.92 Å². The lowest BCUT2D eigenvalue weighted by atomic mass is 9.94. The number of aliphatic carboxylic acids is 1. The van der Waals surface area contributed by atoms with Crippen LogP contribution in [0.15, 0.2) is 0 Å². The number of unbranched alkanes of at least 4 members (excludes halogenated alkanes) is 1. The quantitative estimate of drug-likeness (QED) is 0.632. The van der Waals surface area contributed by atoms with Gasteiger partial charge in [-0.05, 0) is 59.2 Å². The van der Waals surface area contributed by atoms with Crippen molar-refractivity contribution in [3.05, 3.63) is 0 Å².